The smallest absolute Gasteiger partial charge is 0.261 e. The maximum absolute atomic E-state index is 12.3. The fourth-order valence-corrected chi connectivity index (χ4v) is 4.62. The minimum absolute atomic E-state index is 0.00708. The normalized spacial score (nSPS) is 22.6. The van der Waals surface area contributed by atoms with Crippen molar-refractivity contribution in [2.24, 2.45) is 5.92 Å². The largest absolute Gasteiger partial charge is 0.496 e. The minimum Gasteiger partial charge on any atom is -0.496 e. The molecule has 1 N–H and O–H groups in total. The Morgan fingerprint density at radius 2 is 2.15 bits per heavy atom. The fraction of sp³-hybridized carbons (Fsp3) is 0.500. The van der Waals surface area contributed by atoms with Crippen molar-refractivity contribution < 1.29 is 14.3 Å². The number of hydrogen-bond acceptors (Lipinski definition) is 4. The maximum Gasteiger partial charge on any atom is 0.261 e. The molecule has 0 saturated carbocycles. The van der Waals surface area contributed by atoms with Gasteiger partial charge in [0.2, 0.25) is 0 Å². The van der Waals surface area contributed by atoms with Gasteiger partial charge in [0.05, 0.1) is 18.1 Å². The van der Waals surface area contributed by atoms with Gasteiger partial charge in [-0.25, -0.2) is 0 Å². The Bertz CT molecular complexity index is 744. The van der Waals surface area contributed by atoms with Crippen molar-refractivity contribution in [2.45, 2.75) is 44.6 Å². The Hall–Kier alpha value is -1.85. The number of carbonyl (C=O) groups is 1. The van der Waals surface area contributed by atoms with Crippen LogP contribution in [0.1, 0.15) is 48.3 Å². The van der Waals surface area contributed by atoms with Crippen LogP contribution in [-0.4, -0.2) is 32.3 Å². The zero-order valence-corrected chi connectivity index (χ0v) is 17.2. The Labute approximate surface area is 165 Å². The molecule has 0 aliphatic carbocycles. The fourth-order valence-electron chi connectivity index (χ4n) is 3.98. The summed E-state index contributed by atoms with van der Waals surface area (Å²) in [6.45, 7) is 5.79. The average molecular weight is 388 g/mol. The summed E-state index contributed by atoms with van der Waals surface area (Å²) in [4.78, 5) is 13.1. The third-order valence-corrected chi connectivity index (χ3v) is 6.43. The van der Waals surface area contributed by atoms with Crippen LogP contribution in [0.5, 0.6) is 5.75 Å². The van der Waals surface area contributed by atoms with E-state index in [4.69, 9.17) is 9.47 Å². The van der Waals surface area contributed by atoms with Crippen molar-refractivity contribution in [1.29, 1.82) is 0 Å². The molecule has 1 aliphatic rings. The number of nitrogens with one attached hydrogen (secondary N) is 1. The summed E-state index contributed by atoms with van der Waals surface area (Å²) in [6, 6.07) is 12.0. The second-order valence-electron chi connectivity index (χ2n) is 7.57. The highest BCUT2D eigenvalue weighted by molar-refractivity contribution is 7.12. The Balaban J connectivity index is 1.80. The highest BCUT2D eigenvalue weighted by Crippen LogP contribution is 2.45. The van der Waals surface area contributed by atoms with Crippen LogP contribution in [0.2, 0.25) is 0 Å². The minimum atomic E-state index is -0.0531. The predicted octanol–water partition coefficient (Wildman–Crippen LogP) is 4.65. The summed E-state index contributed by atoms with van der Waals surface area (Å²) in [5.74, 6) is 1.39. The van der Waals surface area contributed by atoms with Crippen molar-refractivity contribution in [3.05, 3.63) is 52.2 Å². The second kappa shape index (κ2) is 8.89. The number of hydrogen-bond donors (Lipinski definition) is 1. The van der Waals surface area contributed by atoms with E-state index in [0.717, 1.165) is 36.5 Å². The van der Waals surface area contributed by atoms with Crippen LogP contribution in [0, 0.1) is 5.92 Å². The van der Waals surface area contributed by atoms with Gasteiger partial charge in [-0.1, -0.05) is 38.1 Å². The summed E-state index contributed by atoms with van der Waals surface area (Å²) in [5.41, 5.74) is 1.18. The first-order valence-electron chi connectivity index (χ1n) is 9.62. The van der Waals surface area contributed by atoms with Gasteiger partial charge in [0, 0.05) is 24.1 Å². The van der Waals surface area contributed by atoms with Gasteiger partial charge in [-0.2, -0.15) is 0 Å². The van der Waals surface area contributed by atoms with Gasteiger partial charge in [-0.05, 0) is 42.7 Å². The van der Waals surface area contributed by atoms with E-state index in [-0.39, 0.29) is 17.4 Å². The molecule has 1 saturated heterocycles. The molecule has 2 atom stereocenters. The summed E-state index contributed by atoms with van der Waals surface area (Å²) >= 11 is 1.47. The predicted molar refractivity (Wildman–Crippen MR) is 110 cm³/mol. The van der Waals surface area contributed by atoms with Crippen LogP contribution in [0.25, 0.3) is 0 Å². The quantitative estimate of drug-likeness (QED) is 0.752. The topological polar surface area (TPSA) is 47.6 Å². The van der Waals surface area contributed by atoms with Gasteiger partial charge in [0.1, 0.15) is 5.75 Å². The second-order valence-corrected chi connectivity index (χ2v) is 8.52. The summed E-state index contributed by atoms with van der Waals surface area (Å²) in [7, 11) is 1.73. The van der Waals surface area contributed by atoms with Gasteiger partial charge >= 0.3 is 0 Å². The number of benzene rings is 1. The van der Waals surface area contributed by atoms with E-state index in [1.807, 2.05) is 29.6 Å². The molecule has 0 unspecified atom stereocenters. The molecule has 1 fully saturated rings. The molecule has 2 aromatic rings. The van der Waals surface area contributed by atoms with Crippen molar-refractivity contribution in [3.8, 4) is 5.75 Å². The molecule has 1 amide bonds. The van der Waals surface area contributed by atoms with Gasteiger partial charge in [0.15, 0.2) is 0 Å². The SMILES string of the molecule is COc1ccccc1[C@]1(CCNC(=O)c2cccs2)CCO[C@@H](C(C)C)C1. The molecule has 1 aromatic carbocycles. The standard InChI is InChI=1S/C22H29NO3S/c1-16(2)19-15-22(11-13-26-19,17-7-4-5-8-18(17)25-3)10-12-23-21(24)20-9-6-14-27-20/h4-9,14,16,19H,10-13,15H2,1-3H3,(H,23,24)/t19-,22-/m1/s1. The van der Waals surface area contributed by atoms with Crippen molar-refractivity contribution in [3.63, 3.8) is 0 Å². The average Bonchev–Trinajstić information content (AvgIpc) is 3.23. The zero-order chi connectivity index (χ0) is 19.3. The summed E-state index contributed by atoms with van der Waals surface area (Å²) in [6.07, 6.45) is 2.97. The zero-order valence-electron chi connectivity index (χ0n) is 16.4. The summed E-state index contributed by atoms with van der Waals surface area (Å²) in [5, 5.41) is 5.03. The Kier molecular flexibility index (Phi) is 6.55. The molecule has 1 aromatic heterocycles. The van der Waals surface area contributed by atoms with Crippen LogP contribution < -0.4 is 10.1 Å². The number of carbonyl (C=O) groups excluding carboxylic acids is 1. The van der Waals surface area contributed by atoms with Crippen molar-refractivity contribution in [1.82, 2.24) is 5.32 Å². The van der Waals surface area contributed by atoms with Gasteiger partial charge in [0.25, 0.3) is 5.91 Å². The molecule has 1 aliphatic heterocycles. The number of amides is 1. The highest BCUT2D eigenvalue weighted by Gasteiger charge is 2.40. The van der Waals surface area contributed by atoms with E-state index >= 15 is 0 Å². The number of thiophene rings is 1. The molecular formula is C22H29NO3S. The number of para-hydroxylation sites is 1. The van der Waals surface area contributed by atoms with Crippen LogP contribution >= 0.6 is 11.3 Å². The van der Waals surface area contributed by atoms with E-state index in [1.165, 1.54) is 16.9 Å². The van der Waals surface area contributed by atoms with Gasteiger partial charge in [-0.15, -0.1) is 11.3 Å². The molecule has 4 nitrogen and oxygen atoms in total. The molecular weight excluding hydrogens is 358 g/mol. The lowest BCUT2D eigenvalue weighted by Gasteiger charge is -2.43. The lowest BCUT2D eigenvalue weighted by molar-refractivity contribution is -0.0472. The first kappa shape index (κ1) is 19.9. The molecule has 27 heavy (non-hydrogen) atoms. The summed E-state index contributed by atoms with van der Waals surface area (Å²) < 4.78 is 11.7. The van der Waals surface area contributed by atoms with E-state index in [0.29, 0.717) is 12.5 Å². The monoisotopic (exact) mass is 387 g/mol. The highest BCUT2D eigenvalue weighted by atomic mass is 32.1. The Morgan fingerprint density at radius 3 is 2.85 bits per heavy atom. The first-order valence-corrected chi connectivity index (χ1v) is 10.5. The maximum atomic E-state index is 12.3. The molecule has 5 heteroatoms. The van der Waals surface area contributed by atoms with E-state index in [2.05, 4.69) is 31.3 Å². The molecule has 0 radical (unpaired) electrons. The van der Waals surface area contributed by atoms with Gasteiger partial charge < -0.3 is 14.8 Å². The number of ether oxygens (including phenoxy) is 2. The van der Waals surface area contributed by atoms with E-state index < -0.39 is 0 Å². The molecule has 0 bridgehead atoms. The Morgan fingerprint density at radius 1 is 1.33 bits per heavy atom. The van der Waals surface area contributed by atoms with Crippen molar-refractivity contribution in [2.75, 3.05) is 20.3 Å². The number of rotatable bonds is 7. The first-order chi connectivity index (χ1) is 13.1. The molecule has 0 spiro atoms. The van der Waals surface area contributed by atoms with Crippen LogP contribution in [0.4, 0.5) is 0 Å². The van der Waals surface area contributed by atoms with Gasteiger partial charge in [-0.3, -0.25) is 4.79 Å². The third kappa shape index (κ3) is 4.53. The van der Waals surface area contributed by atoms with Crippen LogP contribution in [-0.2, 0) is 10.2 Å². The number of methoxy groups -OCH3 is 1. The molecule has 3 rings (SSSR count). The molecule has 2 heterocycles. The van der Waals surface area contributed by atoms with E-state index in [9.17, 15) is 4.79 Å². The molecule has 146 valence electrons. The van der Waals surface area contributed by atoms with E-state index in [1.54, 1.807) is 7.11 Å². The lowest BCUT2D eigenvalue weighted by Crippen LogP contribution is -2.43. The van der Waals surface area contributed by atoms with Crippen LogP contribution in [0.15, 0.2) is 41.8 Å². The third-order valence-electron chi connectivity index (χ3n) is 5.56. The van der Waals surface area contributed by atoms with Crippen LogP contribution in [0.3, 0.4) is 0 Å². The van der Waals surface area contributed by atoms with Crippen molar-refractivity contribution >= 4 is 17.2 Å². The lowest BCUT2D eigenvalue weighted by atomic mass is 9.68.